The fourth-order valence-corrected chi connectivity index (χ4v) is 6.27. The van der Waals surface area contributed by atoms with Crippen LogP contribution in [0, 0.1) is 29.1 Å². The molecule has 108 valence electrons. The third-order valence-electron chi connectivity index (χ3n) is 6.87. The second-order valence-corrected chi connectivity index (χ2v) is 8.57. The number of nitrogens with zero attached hydrogens (tertiary/aromatic N) is 1. The molecule has 1 aliphatic heterocycles. The van der Waals surface area contributed by atoms with E-state index in [4.69, 9.17) is 5.73 Å². The van der Waals surface area contributed by atoms with Crippen molar-refractivity contribution >= 4 is 0 Å². The molecule has 2 heteroatoms. The normalized spacial score (nSPS) is 53.1. The van der Waals surface area contributed by atoms with Crippen LogP contribution in [0.15, 0.2) is 0 Å². The van der Waals surface area contributed by atoms with Crippen LogP contribution in [0.2, 0.25) is 0 Å². The number of hydrogen-bond acceptors (Lipinski definition) is 2. The minimum atomic E-state index is 0.427. The van der Waals surface area contributed by atoms with Crippen LogP contribution in [0.4, 0.5) is 0 Å². The van der Waals surface area contributed by atoms with Crippen molar-refractivity contribution in [3.8, 4) is 0 Å². The van der Waals surface area contributed by atoms with Gasteiger partial charge >= 0.3 is 0 Å². The zero-order chi connectivity index (χ0) is 13.0. The van der Waals surface area contributed by atoms with Gasteiger partial charge in [-0.3, -0.25) is 0 Å². The van der Waals surface area contributed by atoms with E-state index in [-0.39, 0.29) is 0 Å². The molecule has 5 aliphatic rings. The molecule has 0 aromatic heterocycles. The average molecular weight is 262 g/mol. The molecule has 4 saturated carbocycles. The standard InChI is InChI=1S/C17H30N2/c1-12-10-19(11-16(12)18)3-2-17-7-13-4-14(8-17)6-15(5-13)9-17/h12-16H,2-11,18H2,1H3. The lowest BCUT2D eigenvalue weighted by atomic mass is 9.49. The summed E-state index contributed by atoms with van der Waals surface area (Å²) in [5, 5.41) is 0. The second-order valence-electron chi connectivity index (χ2n) is 8.57. The molecule has 5 rings (SSSR count). The zero-order valence-electron chi connectivity index (χ0n) is 12.5. The first kappa shape index (κ1) is 12.6. The Morgan fingerprint density at radius 1 is 1.00 bits per heavy atom. The van der Waals surface area contributed by atoms with Crippen LogP contribution in [-0.4, -0.2) is 30.6 Å². The highest BCUT2D eigenvalue weighted by Gasteiger charge is 2.50. The molecule has 5 fully saturated rings. The van der Waals surface area contributed by atoms with Crippen LogP contribution < -0.4 is 5.73 Å². The van der Waals surface area contributed by atoms with Crippen molar-refractivity contribution in [3.63, 3.8) is 0 Å². The molecule has 2 nitrogen and oxygen atoms in total. The van der Waals surface area contributed by atoms with Crippen LogP contribution in [-0.2, 0) is 0 Å². The van der Waals surface area contributed by atoms with E-state index in [2.05, 4.69) is 11.8 Å². The van der Waals surface area contributed by atoms with Gasteiger partial charge in [0.25, 0.3) is 0 Å². The molecule has 0 amide bonds. The summed E-state index contributed by atoms with van der Waals surface area (Å²) in [5.74, 6) is 4.01. The molecule has 0 aromatic rings. The van der Waals surface area contributed by atoms with Crippen molar-refractivity contribution in [2.24, 2.45) is 34.8 Å². The molecule has 0 spiro atoms. The maximum absolute atomic E-state index is 6.16. The second kappa shape index (κ2) is 4.46. The summed E-state index contributed by atoms with van der Waals surface area (Å²) in [7, 11) is 0. The van der Waals surface area contributed by atoms with Gasteiger partial charge in [-0.15, -0.1) is 0 Å². The number of likely N-dealkylation sites (tertiary alicyclic amines) is 1. The summed E-state index contributed by atoms with van der Waals surface area (Å²) in [6.45, 7) is 6.03. The Balaban J connectivity index is 1.38. The fourth-order valence-electron chi connectivity index (χ4n) is 6.27. The minimum Gasteiger partial charge on any atom is -0.326 e. The molecule has 0 aromatic carbocycles. The first-order chi connectivity index (χ1) is 9.12. The summed E-state index contributed by atoms with van der Waals surface area (Å²) >= 11 is 0. The first-order valence-electron chi connectivity index (χ1n) is 8.60. The minimum absolute atomic E-state index is 0.427. The largest absolute Gasteiger partial charge is 0.326 e. The smallest absolute Gasteiger partial charge is 0.0206 e. The third kappa shape index (κ3) is 2.25. The van der Waals surface area contributed by atoms with Crippen molar-refractivity contribution in [3.05, 3.63) is 0 Å². The number of hydrogen-bond donors (Lipinski definition) is 1. The predicted molar refractivity (Wildman–Crippen MR) is 78.8 cm³/mol. The Morgan fingerprint density at radius 3 is 2.05 bits per heavy atom. The first-order valence-corrected chi connectivity index (χ1v) is 8.60. The Labute approximate surface area is 118 Å². The van der Waals surface area contributed by atoms with E-state index in [0.717, 1.165) is 29.7 Å². The van der Waals surface area contributed by atoms with E-state index in [1.165, 1.54) is 19.5 Å². The van der Waals surface area contributed by atoms with Gasteiger partial charge in [0.05, 0.1) is 0 Å². The molecule has 4 bridgehead atoms. The Bertz CT molecular complexity index is 306. The van der Waals surface area contributed by atoms with E-state index < -0.39 is 0 Å². The van der Waals surface area contributed by atoms with Crippen LogP contribution >= 0.6 is 0 Å². The Hall–Kier alpha value is -0.0800. The van der Waals surface area contributed by atoms with Gasteiger partial charge in [-0.05, 0) is 80.6 Å². The van der Waals surface area contributed by atoms with E-state index in [0.29, 0.717) is 12.0 Å². The highest BCUT2D eigenvalue weighted by Crippen LogP contribution is 2.61. The van der Waals surface area contributed by atoms with Crippen molar-refractivity contribution in [2.45, 2.75) is 57.9 Å². The molecular weight excluding hydrogens is 232 g/mol. The van der Waals surface area contributed by atoms with Crippen LogP contribution in [0.3, 0.4) is 0 Å². The lowest BCUT2D eigenvalue weighted by Gasteiger charge is -2.57. The maximum Gasteiger partial charge on any atom is 0.0206 e. The highest BCUT2D eigenvalue weighted by atomic mass is 15.2. The summed E-state index contributed by atoms with van der Waals surface area (Å²) in [4.78, 5) is 2.65. The molecule has 1 heterocycles. The van der Waals surface area contributed by atoms with Gasteiger partial charge in [0, 0.05) is 19.1 Å². The van der Waals surface area contributed by atoms with Crippen LogP contribution in [0.1, 0.15) is 51.9 Å². The SMILES string of the molecule is CC1CN(CCC23CC4CC(CC(C4)C2)C3)CC1N. The van der Waals surface area contributed by atoms with Crippen molar-refractivity contribution in [1.82, 2.24) is 4.90 Å². The van der Waals surface area contributed by atoms with Crippen molar-refractivity contribution in [1.29, 1.82) is 0 Å². The molecule has 2 N–H and O–H groups in total. The maximum atomic E-state index is 6.16. The van der Waals surface area contributed by atoms with Crippen LogP contribution in [0.5, 0.6) is 0 Å². The topological polar surface area (TPSA) is 29.3 Å². The van der Waals surface area contributed by atoms with Gasteiger partial charge < -0.3 is 10.6 Å². The number of rotatable bonds is 3. The lowest BCUT2D eigenvalue weighted by Crippen LogP contribution is -2.47. The highest BCUT2D eigenvalue weighted by molar-refractivity contribution is 5.01. The third-order valence-corrected chi connectivity index (χ3v) is 6.87. The molecule has 1 saturated heterocycles. The van der Waals surface area contributed by atoms with Gasteiger partial charge in [0.2, 0.25) is 0 Å². The molecule has 2 atom stereocenters. The van der Waals surface area contributed by atoms with Crippen molar-refractivity contribution in [2.75, 3.05) is 19.6 Å². The fraction of sp³-hybridized carbons (Fsp3) is 1.00. The van der Waals surface area contributed by atoms with Crippen molar-refractivity contribution < 1.29 is 0 Å². The predicted octanol–water partition coefficient (Wildman–Crippen LogP) is 2.87. The Morgan fingerprint density at radius 2 is 1.58 bits per heavy atom. The van der Waals surface area contributed by atoms with Gasteiger partial charge in [0.15, 0.2) is 0 Å². The van der Waals surface area contributed by atoms with Gasteiger partial charge in [-0.2, -0.15) is 0 Å². The van der Waals surface area contributed by atoms with E-state index in [1.807, 2.05) is 0 Å². The summed E-state index contributed by atoms with van der Waals surface area (Å²) < 4.78 is 0. The molecule has 2 unspecified atom stereocenters. The van der Waals surface area contributed by atoms with Gasteiger partial charge in [0.1, 0.15) is 0 Å². The van der Waals surface area contributed by atoms with Crippen LogP contribution in [0.25, 0.3) is 0 Å². The van der Waals surface area contributed by atoms with Gasteiger partial charge in [-0.1, -0.05) is 6.92 Å². The lowest BCUT2D eigenvalue weighted by molar-refractivity contribution is -0.0604. The summed E-state index contributed by atoms with van der Waals surface area (Å²) in [6, 6.07) is 0.427. The number of nitrogens with two attached hydrogens (primary N) is 1. The summed E-state index contributed by atoms with van der Waals surface area (Å²) in [6.07, 6.45) is 10.9. The van der Waals surface area contributed by atoms with E-state index in [1.54, 1.807) is 38.5 Å². The quantitative estimate of drug-likeness (QED) is 0.847. The molecular formula is C17H30N2. The molecule has 19 heavy (non-hydrogen) atoms. The Kier molecular flexibility index (Phi) is 2.97. The van der Waals surface area contributed by atoms with Gasteiger partial charge in [-0.25, -0.2) is 0 Å². The summed E-state index contributed by atoms with van der Waals surface area (Å²) in [5.41, 5.74) is 6.92. The zero-order valence-corrected chi connectivity index (χ0v) is 12.5. The van der Waals surface area contributed by atoms with E-state index >= 15 is 0 Å². The average Bonchev–Trinajstić information content (AvgIpc) is 2.65. The van der Waals surface area contributed by atoms with E-state index in [9.17, 15) is 0 Å². The molecule has 0 radical (unpaired) electrons. The molecule has 4 aliphatic carbocycles. The monoisotopic (exact) mass is 262 g/mol.